The average Bonchev–Trinajstić information content (AvgIpc) is 2.47. The van der Waals surface area contributed by atoms with Gasteiger partial charge in [0.15, 0.2) is 0 Å². The van der Waals surface area contributed by atoms with Crippen molar-refractivity contribution in [2.45, 2.75) is 38.6 Å². The van der Waals surface area contributed by atoms with Crippen molar-refractivity contribution in [2.24, 2.45) is 5.73 Å². The Balaban J connectivity index is 2.23. The van der Waals surface area contributed by atoms with E-state index in [1.165, 1.54) is 0 Å². The quantitative estimate of drug-likeness (QED) is 0.679. The summed E-state index contributed by atoms with van der Waals surface area (Å²) in [6.45, 7) is 3.73. The van der Waals surface area contributed by atoms with Gasteiger partial charge in [0.25, 0.3) is 0 Å². The summed E-state index contributed by atoms with van der Waals surface area (Å²) >= 11 is 0. The Kier molecular flexibility index (Phi) is 3.53. The lowest BCUT2D eigenvalue weighted by atomic mass is 10.2. The number of carbonyl (C=O) groups is 1. The number of amides is 1. The van der Waals surface area contributed by atoms with Crippen LogP contribution in [-0.2, 0) is 4.79 Å². The fraction of sp³-hybridized carbons (Fsp3) is 0.889. The summed E-state index contributed by atoms with van der Waals surface area (Å²) < 4.78 is 0. The van der Waals surface area contributed by atoms with Crippen molar-refractivity contribution in [1.29, 1.82) is 0 Å². The fourth-order valence-corrected chi connectivity index (χ4v) is 1.50. The maximum absolute atomic E-state index is 11.4. The van der Waals surface area contributed by atoms with Crippen LogP contribution in [0.1, 0.15) is 32.6 Å². The largest absolute Gasteiger partial charge is 0.341 e. The topological polar surface area (TPSA) is 46.3 Å². The first-order valence-electron chi connectivity index (χ1n) is 4.77. The summed E-state index contributed by atoms with van der Waals surface area (Å²) in [5, 5.41) is 0. The molecule has 1 saturated heterocycles. The highest BCUT2D eigenvalue weighted by Gasteiger charge is 2.22. The molecule has 12 heavy (non-hydrogen) atoms. The monoisotopic (exact) mass is 170 g/mol. The van der Waals surface area contributed by atoms with E-state index in [-0.39, 0.29) is 11.9 Å². The number of nitrogens with two attached hydrogens (primary N) is 1. The van der Waals surface area contributed by atoms with E-state index >= 15 is 0 Å². The van der Waals surface area contributed by atoms with Gasteiger partial charge in [-0.3, -0.25) is 4.79 Å². The highest BCUT2D eigenvalue weighted by Crippen LogP contribution is 2.09. The van der Waals surface area contributed by atoms with Crippen LogP contribution in [0.25, 0.3) is 0 Å². The summed E-state index contributed by atoms with van der Waals surface area (Å²) in [6.07, 6.45) is 3.76. The van der Waals surface area contributed by atoms with E-state index in [1.54, 1.807) is 0 Å². The van der Waals surface area contributed by atoms with Gasteiger partial charge in [-0.15, -0.1) is 0 Å². The zero-order chi connectivity index (χ0) is 8.97. The molecule has 3 nitrogen and oxygen atoms in total. The van der Waals surface area contributed by atoms with Crippen molar-refractivity contribution < 1.29 is 4.79 Å². The molecule has 1 aliphatic rings. The van der Waals surface area contributed by atoms with E-state index in [0.29, 0.717) is 6.42 Å². The molecule has 0 aromatic carbocycles. The van der Waals surface area contributed by atoms with Gasteiger partial charge in [0.05, 0.1) is 0 Å². The van der Waals surface area contributed by atoms with Crippen LogP contribution in [0.5, 0.6) is 0 Å². The molecule has 2 N–H and O–H groups in total. The molecule has 1 atom stereocenters. The van der Waals surface area contributed by atoms with E-state index in [9.17, 15) is 4.79 Å². The minimum atomic E-state index is 0.218. The molecule has 0 aliphatic carbocycles. The van der Waals surface area contributed by atoms with E-state index < -0.39 is 0 Å². The van der Waals surface area contributed by atoms with Crippen molar-refractivity contribution in [2.75, 3.05) is 13.1 Å². The molecule has 0 aromatic heterocycles. The molecule has 0 saturated carbocycles. The highest BCUT2D eigenvalue weighted by atomic mass is 16.2. The molecule has 0 bridgehead atoms. The Labute approximate surface area is 73.9 Å². The summed E-state index contributed by atoms with van der Waals surface area (Å²) in [6, 6.07) is 0.218. The van der Waals surface area contributed by atoms with Gasteiger partial charge in [0.1, 0.15) is 0 Å². The van der Waals surface area contributed by atoms with E-state index in [4.69, 9.17) is 5.73 Å². The van der Waals surface area contributed by atoms with Gasteiger partial charge in [-0.25, -0.2) is 0 Å². The Morgan fingerprint density at radius 3 is 2.92 bits per heavy atom. The Morgan fingerprint density at radius 1 is 1.67 bits per heavy atom. The van der Waals surface area contributed by atoms with E-state index in [0.717, 1.165) is 32.4 Å². The molecule has 70 valence electrons. The summed E-state index contributed by atoms with van der Waals surface area (Å²) in [5.74, 6) is 0.282. The maximum atomic E-state index is 11.4. The van der Waals surface area contributed by atoms with E-state index in [2.05, 4.69) is 6.92 Å². The SMILES string of the molecule is CCCCC(=O)N1CC[C@H](N)C1. The molecular weight excluding hydrogens is 152 g/mol. The van der Waals surface area contributed by atoms with Gasteiger partial charge >= 0.3 is 0 Å². The number of likely N-dealkylation sites (tertiary alicyclic amines) is 1. The number of nitrogens with zero attached hydrogens (tertiary/aromatic N) is 1. The first-order chi connectivity index (χ1) is 5.74. The Morgan fingerprint density at radius 2 is 2.42 bits per heavy atom. The third kappa shape index (κ3) is 2.48. The van der Waals surface area contributed by atoms with Gasteiger partial charge in [0, 0.05) is 25.6 Å². The molecule has 0 radical (unpaired) electrons. The first-order valence-corrected chi connectivity index (χ1v) is 4.77. The van der Waals surface area contributed by atoms with Crippen molar-refractivity contribution >= 4 is 5.91 Å². The summed E-state index contributed by atoms with van der Waals surface area (Å²) in [4.78, 5) is 13.3. The Bertz CT molecular complexity index is 159. The molecule has 1 heterocycles. The molecule has 1 fully saturated rings. The lowest BCUT2D eigenvalue weighted by molar-refractivity contribution is -0.130. The normalized spacial score (nSPS) is 23.2. The second-order valence-electron chi connectivity index (χ2n) is 3.49. The van der Waals surface area contributed by atoms with Crippen LogP contribution in [0.15, 0.2) is 0 Å². The molecule has 1 aliphatic heterocycles. The van der Waals surface area contributed by atoms with Gasteiger partial charge in [-0.2, -0.15) is 0 Å². The number of hydrogen-bond acceptors (Lipinski definition) is 2. The van der Waals surface area contributed by atoms with Gasteiger partial charge in [-0.05, 0) is 12.8 Å². The minimum absolute atomic E-state index is 0.218. The molecule has 1 rings (SSSR count). The fourth-order valence-electron chi connectivity index (χ4n) is 1.50. The predicted molar refractivity (Wildman–Crippen MR) is 48.7 cm³/mol. The maximum Gasteiger partial charge on any atom is 0.222 e. The van der Waals surface area contributed by atoms with Crippen LogP contribution in [0.4, 0.5) is 0 Å². The predicted octanol–water partition coefficient (Wildman–Crippen LogP) is 0.736. The number of hydrogen-bond donors (Lipinski definition) is 1. The summed E-state index contributed by atoms with van der Waals surface area (Å²) in [5.41, 5.74) is 5.70. The number of carbonyl (C=O) groups excluding carboxylic acids is 1. The van der Waals surface area contributed by atoms with Gasteiger partial charge in [-0.1, -0.05) is 13.3 Å². The van der Waals surface area contributed by atoms with Crippen molar-refractivity contribution in [3.63, 3.8) is 0 Å². The van der Waals surface area contributed by atoms with Crippen molar-refractivity contribution in [3.8, 4) is 0 Å². The van der Waals surface area contributed by atoms with Gasteiger partial charge in [0.2, 0.25) is 5.91 Å². The Hall–Kier alpha value is -0.570. The van der Waals surface area contributed by atoms with Crippen LogP contribution < -0.4 is 5.73 Å². The molecule has 0 unspecified atom stereocenters. The van der Waals surface area contributed by atoms with Gasteiger partial charge < -0.3 is 10.6 Å². The molecule has 1 amide bonds. The van der Waals surface area contributed by atoms with Crippen LogP contribution >= 0.6 is 0 Å². The van der Waals surface area contributed by atoms with Crippen LogP contribution in [-0.4, -0.2) is 29.9 Å². The molecule has 0 spiro atoms. The standard InChI is InChI=1S/C9H18N2O/c1-2-3-4-9(12)11-6-5-8(10)7-11/h8H,2-7,10H2,1H3/t8-/m0/s1. The second-order valence-corrected chi connectivity index (χ2v) is 3.49. The third-order valence-electron chi connectivity index (χ3n) is 2.32. The zero-order valence-corrected chi connectivity index (χ0v) is 7.75. The van der Waals surface area contributed by atoms with Crippen LogP contribution in [0, 0.1) is 0 Å². The molecule has 3 heteroatoms. The lowest BCUT2D eigenvalue weighted by Gasteiger charge is -2.14. The highest BCUT2D eigenvalue weighted by molar-refractivity contribution is 5.76. The van der Waals surface area contributed by atoms with Crippen LogP contribution in [0.2, 0.25) is 0 Å². The first kappa shape index (κ1) is 9.52. The smallest absolute Gasteiger partial charge is 0.222 e. The lowest BCUT2D eigenvalue weighted by Crippen LogP contribution is -2.31. The average molecular weight is 170 g/mol. The molecule has 0 aromatic rings. The molecular formula is C9H18N2O. The number of unbranched alkanes of at least 4 members (excludes halogenated alkanes) is 1. The van der Waals surface area contributed by atoms with Crippen molar-refractivity contribution in [3.05, 3.63) is 0 Å². The number of rotatable bonds is 3. The summed E-state index contributed by atoms with van der Waals surface area (Å²) in [7, 11) is 0. The van der Waals surface area contributed by atoms with Crippen molar-refractivity contribution in [1.82, 2.24) is 4.90 Å². The zero-order valence-electron chi connectivity index (χ0n) is 7.75. The second kappa shape index (κ2) is 4.45. The van der Waals surface area contributed by atoms with Crippen LogP contribution in [0.3, 0.4) is 0 Å². The minimum Gasteiger partial charge on any atom is -0.341 e. The third-order valence-corrected chi connectivity index (χ3v) is 2.32. The van der Waals surface area contributed by atoms with E-state index in [1.807, 2.05) is 4.90 Å².